The molecule has 128 valence electrons. The highest BCUT2D eigenvalue weighted by molar-refractivity contribution is 5.43. The van der Waals surface area contributed by atoms with Gasteiger partial charge in [-0.2, -0.15) is 8.78 Å². The fourth-order valence-electron chi connectivity index (χ4n) is 3.17. The number of benzene rings is 2. The zero-order valence-electron chi connectivity index (χ0n) is 13.5. The topological polar surface area (TPSA) is 24.5 Å². The molecule has 1 heterocycles. The highest BCUT2D eigenvalue weighted by Crippen LogP contribution is 2.24. The van der Waals surface area contributed by atoms with Crippen molar-refractivity contribution in [1.82, 2.24) is 4.90 Å². The molecule has 1 N–H and O–H groups in total. The third kappa shape index (κ3) is 4.68. The van der Waals surface area contributed by atoms with Gasteiger partial charge in [-0.1, -0.05) is 36.4 Å². The Morgan fingerprint density at radius 3 is 2.62 bits per heavy atom. The molecular weight excluding hydrogens is 310 g/mol. The van der Waals surface area contributed by atoms with E-state index >= 15 is 0 Å². The Bertz CT molecular complexity index is 636. The van der Waals surface area contributed by atoms with Crippen molar-refractivity contribution in [2.75, 3.05) is 18.4 Å². The fourth-order valence-corrected chi connectivity index (χ4v) is 3.17. The molecule has 0 saturated carbocycles. The zero-order chi connectivity index (χ0) is 16.8. The first-order chi connectivity index (χ1) is 11.7. The van der Waals surface area contributed by atoms with Gasteiger partial charge in [-0.15, -0.1) is 0 Å². The summed E-state index contributed by atoms with van der Waals surface area (Å²) < 4.78 is 29.7. The minimum Gasteiger partial charge on any atom is -0.434 e. The summed E-state index contributed by atoms with van der Waals surface area (Å²) in [5, 5.41) is 3.55. The number of hydrogen-bond acceptors (Lipinski definition) is 3. The van der Waals surface area contributed by atoms with Gasteiger partial charge < -0.3 is 10.1 Å². The lowest BCUT2D eigenvalue weighted by molar-refractivity contribution is -0.0508. The number of ether oxygens (including phenoxy) is 1. The molecule has 3 rings (SSSR count). The molecule has 0 unspecified atom stereocenters. The highest BCUT2D eigenvalue weighted by atomic mass is 19.3. The molecular formula is C19H22F2N2O. The van der Waals surface area contributed by atoms with Crippen LogP contribution in [0.5, 0.6) is 5.75 Å². The number of para-hydroxylation sites is 2. The van der Waals surface area contributed by atoms with Gasteiger partial charge in [-0.25, -0.2) is 0 Å². The molecule has 0 amide bonds. The van der Waals surface area contributed by atoms with Crippen molar-refractivity contribution in [2.24, 2.45) is 0 Å². The van der Waals surface area contributed by atoms with E-state index in [-0.39, 0.29) is 5.75 Å². The molecule has 0 aliphatic carbocycles. The molecule has 5 heteroatoms. The van der Waals surface area contributed by atoms with Crippen LogP contribution in [-0.2, 0) is 6.54 Å². The third-order valence-electron chi connectivity index (χ3n) is 4.23. The van der Waals surface area contributed by atoms with Crippen LogP contribution in [0.25, 0.3) is 0 Å². The minimum absolute atomic E-state index is 0.269. The van der Waals surface area contributed by atoms with Gasteiger partial charge >= 0.3 is 6.61 Å². The van der Waals surface area contributed by atoms with Gasteiger partial charge in [0.15, 0.2) is 0 Å². The first-order valence-electron chi connectivity index (χ1n) is 8.27. The van der Waals surface area contributed by atoms with E-state index in [0.29, 0.717) is 12.6 Å². The molecule has 0 aromatic heterocycles. The van der Waals surface area contributed by atoms with Crippen molar-refractivity contribution < 1.29 is 13.5 Å². The van der Waals surface area contributed by atoms with E-state index in [2.05, 4.69) is 27.1 Å². The summed E-state index contributed by atoms with van der Waals surface area (Å²) in [5.41, 5.74) is 1.92. The lowest BCUT2D eigenvalue weighted by Gasteiger charge is -2.34. The van der Waals surface area contributed by atoms with Gasteiger partial charge in [0, 0.05) is 30.4 Å². The van der Waals surface area contributed by atoms with E-state index in [1.54, 1.807) is 12.1 Å². The van der Waals surface area contributed by atoms with Crippen molar-refractivity contribution in [2.45, 2.75) is 32.0 Å². The summed E-state index contributed by atoms with van der Waals surface area (Å²) in [5.74, 6) is 0.269. The lowest BCUT2D eigenvalue weighted by atomic mass is 10.0. The summed E-state index contributed by atoms with van der Waals surface area (Å²) in [4.78, 5) is 2.29. The second-order valence-corrected chi connectivity index (χ2v) is 6.07. The van der Waals surface area contributed by atoms with E-state index in [1.807, 2.05) is 30.3 Å². The monoisotopic (exact) mass is 332 g/mol. The Morgan fingerprint density at radius 1 is 1.08 bits per heavy atom. The Balaban J connectivity index is 1.61. The molecule has 1 atom stereocenters. The smallest absolute Gasteiger partial charge is 0.387 e. The predicted octanol–water partition coefficient (Wildman–Crippen LogP) is 4.36. The van der Waals surface area contributed by atoms with Crippen LogP contribution in [0, 0.1) is 0 Å². The lowest BCUT2D eigenvalue weighted by Crippen LogP contribution is -2.41. The standard InChI is InChI=1S/C19H22F2N2O/c20-19(21)24-18-11-5-4-7-15(18)13-23-12-6-10-17(14-23)22-16-8-2-1-3-9-16/h1-5,7-9,11,17,19,22H,6,10,12-14H2/t17-/m0/s1. The second-order valence-electron chi connectivity index (χ2n) is 6.07. The molecule has 1 saturated heterocycles. The fraction of sp³-hybridized carbons (Fsp3) is 0.368. The average Bonchev–Trinajstić information content (AvgIpc) is 2.57. The van der Waals surface area contributed by atoms with Crippen molar-refractivity contribution >= 4 is 5.69 Å². The van der Waals surface area contributed by atoms with E-state index in [4.69, 9.17) is 0 Å². The maximum absolute atomic E-state index is 12.5. The quantitative estimate of drug-likeness (QED) is 0.850. The molecule has 2 aromatic rings. The van der Waals surface area contributed by atoms with Gasteiger partial charge in [0.1, 0.15) is 5.75 Å². The van der Waals surface area contributed by atoms with E-state index < -0.39 is 6.61 Å². The largest absolute Gasteiger partial charge is 0.434 e. The van der Waals surface area contributed by atoms with Crippen LogP contribution in [0.2, 0.25) is 0 Å². The summed E-state index contributed by atoms with van der Waals surface area (Å²) in [6.07, 6.45) is 2.20. The van der Waals surface area contributed by atoms with Gasteiger partial charge in [0.2, 0.25) is 0 Å². The van der Waals surface area contributed by atoms with Crippen molar-refractivity contribution in [3.63, 3.8) is 0 Å². The Kier molecular flexibility index (Phi) is 5.64. The van der Waals surface area contributed by atoms with Gasteiger partial charge in [-0.3, -0.25) is 4.90 Å². The zero-order valence-corrected chi connectivity index (χ0v) is 13.5. The van der Waals surface area contributed by atoms with Gasteiger partial charge in [0.25, 0.3) is 0 Å². The molecule has 1 fully saturated rings. The Morgan fingerprint density at radius 2 is 1.83 bits per heavy atom. The van der Waals surface area contributed by atoms with Crippen LogP contribution in [-0.4, -0.2) is 30.6 Å². The molecule has 0 spiro atoms. The van der Waals surface area contributed by atoms with Crippen LogP contribution < -0.4 is 10.1 Å². The summed E-state index contributed by atoms with van der Waals surface area (Å²) in [6, 6.07) is 17.5. The molecule has 1 aliphatic rings. The van der Waals surface area contributed by atoms with Crippen LogP contribution >= 0.6 is 0 Å². The van der Waals surface area contributed by atoms with Gasteiger partial charge in [-0.05, 0) is 37.6 Å². The van der Waals surface area contributed by atoms with Crippen LogP contribution in [0.3, 0.4) is 0 Å². The summed E-state index contributed by atoms with van der Waals surface area (Å²) >= 11 is 0. The van der Waals surface area contributed by atoms with E-state index in [9.17, 15) is 8.78 Å². The first-order valence-corrected chi connectivity index (χ1v) is 8.27. The number of piperidine rings is 1. The Labute approximate surface area is 141 Å². The Hall–Kier alpha value is -2.14. The second kappa shape index (κ2) is 8.11. The van der Waals surface area contributed by atoms with E-state index in [0.717, 1.165) is 37.2 Å². The summed E-state index contributed by atoms with van der Waals surface area (Å²) in [6.45, 7) is -0.316. The predicted molar refractivity (Wildman–Crippen MR) is 91.4 cm³/mol. The number of anilines is 1. The molecule has 2 aromatic carbocycles. The first kappa shape index (κ1) is 16.7. The van der Waals surface area contributed by atoms with Gasteiger partial charge in [0.05, 0.1) is 0 Å². The number of halogens is 2. The number of rotatable bonds is 6. The minimum atomic E-state index is -2.79. The average molecular weight is 332 g/mol. The number of nitrogens with one attached hydrogen (secondary N) is 1. The van der Waals surface area contributed by atoms with Crippen LogP contribution in [0.4, 0.5) is 14.5 Å². The SMILES string of the molecule is FC(F)Oc1ccccc1CN1CCC[C@H](Nc2ccccc2)C1. The normalized spacial score (nSPS) is 18.5. The van der Waals surface area contributed by atoms with Crippen LogP contribution in [0.1, 0.15) is 18.4 Å². The number of alkyl halides is 2. The summed E-state index contributed by atoms with van der Waals surface area (Å²) in [7, 11) is 0. The molecule has 0 bridgehead atoms. The van der Waals surface area contributed by atoms with E-state index in [1.165, 1.54) is 0 Å². The number of likely N-dealkylation sites (tertiary alicyclic amines) is 1. The molecule has 3 nitrogen and oxygen atoms in total. The van der Waals surface area contributed by atoms with Crippen molar-refractivity contribution in [3.05, 3.63) is 60.2 Å². The number of nitrogens with zero attached hydrogens (tertiary/aromatic N) is 1. The molecule has 1 aliphatic heterocycles. The maximum atomic E-state index is 12.5. The molecule has 24 heavy (non-hydrogen) atoms. The van der Waals surface area contributed by atoms with Crippen molar-refractivity contribution in [3.8, 4) is 5.75 Å². The number of hydrogen-bond donors (Lipinski definition) is 1. The van der Waals surface area contributed by atoms with Crippen molar-refractivity contribution in [1.29, 1.82) is 0 Å². The molecule has 0 radical (unpaired) electrons. The highest BCUT2D eigenvalue weighted by Gasteiger charge is 2.21. The maximum Gasteiger partial charge on any atom is 0.387 e. The third-order valence-corrected chi connectivity index (χ3v) is 4.23. The van der Waals surface area contributed by atoms with Crippen LogP contribution in [0.15, 0.2) is 54.6 Å².